The topological polar surface area (TPSA) is 57.6 Å². The number of aliphatic hydroxyl groups is 1. The van der Waals surface area contributed by atoms with Gasteiger partial charge in [0.2, 0.25) is 5.44 Å². The molecule has 0 amide bonds. The molecule has 2 aromatic rings. The Bertz CT molecular complexity index is 936. The van der Waals surface area contributed by atoms with E-state index in [0.717, 1.165) is 24.8 Å². The molecule has 0 saturated heterocycles. The van der Waals surface area contributed by atoms with Gasteiger partial charge in [-0.15, -0.1) is 0 Å². The summed E-state index contributed by atoms with van der Waals surface area (Å²) in [5.41, 5.74) is 2.28. The first-order chi connectivity index (χ1) is 12.9. The molecular weight excluding hydrogens is 358 g/mol. The van der Waals surface area contributed by atoms with E-state index in [1.165, 1.54) is 9.87 Å². The summed E-state index contributed by atoms with van der Waals surface area (Å²) in [7, 11) is -4.00. The van der Waals surface area contributed by atoms with Gasteiger partial charge in [-0.05, 0) is 48.4 Å². The predicted molar refractivity (Wildman–Crippen MR) is 111 cm³/mol. The zero-order valence-electron chi connectivity index (χ0n) is 15.9. The lowest BCUT2D eigenvalue weighted by Crippen LogP contribution is -2.45. The Morgan fingerprint density at radius 3 is 2.67 bits per heavy atom. The zero-order chi connectivity index (χ0) is 19.6. The Balaban J connectivity index is 2.10. The van der Waals surface area contributed by atoms with Gasteiger partial charge in [-0.3, -0.25) is 4.31 Å². The van der Waals surface area contributed by atoms with Crippen LogP contribution in [0.1, 0.15) is 54.4 Å². The lowest BCUT2D eigenvalue weighted by molar-refractivity contribution is 0.252. The summed E-state index contributed by atoms with van der Waals surface area (Å²) in [5, 5.41) is 10.9. The van der Waals surface area contributed by atoms with Crippen LogP contribution < -0.4 is 4.31 Å². The van der Waals surface area contributed by atoms with E-state index in [1.54, 1.807) is 30.3 Å². The molecular formula is C22H27NO3S. The minimum absolute atomic E-state index is 0.152. The van der Waals surface area contributed by atoms with E-state index in [1.807, 2.05) is 19.1 Å². The summed E-state index contributed by atoms with van der Waals surface area (Å²) in [6.07, 6.45) is 4.79. The largest absolute Gasteiger partial charge is 0.372 e. The molecule has 0 radical (unpaired) electrons. The minimum Gasteiger partial charge on any atom is -0.372 e. The van der Waals surface area contributed by atoms with E-state index in [0.29, 0.717) is 23.2 Å². The molecule has 3 rings (SSSR count). The third-order valence-corrected chi connectivity index (χ3v) is 7.24. The number of aliphatic hydroxyl groups excluding tert-OH is 1. The van der Waals surface area contributed by atoms with Gasteiger partial charge in [-0.2, -0.15) is 0 Å². The van der Waals surface area contributed by atoms with Crippen LogP contribution in [0.15, 0.2) is 49.0 Å². The van der Waals surface area contributed by atoms with Gasteiger partial charge in [0.1, 0.15) is 0 Å². The second-order valence-electron chi connectivity index (χ2n) is 6.94. The number of hydrogen-bond donors (Lipinski definition) is 1. The number of nitrogens with zero attached hydrogens (tertiary/aromatic N) is 1. The Hall–Kier alpha value is -2.11. The quantitative estimate of drug-likeness (QED) is 0.799. The molecule has 2 atom stereocenters. The van der Waals surface area contributed by atoms with E-state index in [9.17, 15) is 13.5 Å². The normalized spacial score (nSPS) is 18.0. The lowest BCUT2D eigenvalue weighted by atomic mass is 9.94. The molecule has 27 heavy (non-hydrogen) atoms. The highest BCUT2D eigenvalue weighted by Crippen LogP contribution is 2.39. The second kappa shape index (κ2) is 7.87. The molecule has 5 heteroatoms. The van der Waals surface area contributed by atoms with Gasteiger partial charge >= 0.3 is 0 Å². The average molecular weight is 386 g/mol. The van der Waals surface area contributed by atoms with Gasteiger partial charge in [0, 0.05) is 11.6 Å². The maximum absolute atomic E-state index is 13.5. The summed E-state index contributed by atoms with van der Waals surface area (Å²) in [5.74, 6) is 0. The number of fused-ring (bicyclic) bond motifs is 1. The molecule has 1 heterocycles. The van der Waals surface area contributed by atoms with Crippen LogP contribution in [-0.2, 0) is 22.9 Å². The monoisotopic (exact) mass is 385 g/mol. The van der Waals surface area contributed by atoms with Gasteiger partial charge in [0.15, 0.2) is 0 Å². The molecule has 0 spiro atoms. The first-order valence-corrected chi connectivity index (χ1v) is 11.0. The molecule has 0 aliphatic carbocycles. The van der Waals surface area contributed by atoms with Crippen LogP contribution in [0.3, 0.4) is 0 Å². The maximum atomic E-state index is 13.5. The molecule has 1 N–H and O–H groups in total. The Kier molecular flexibility index (Phi) is 5.72. The van der Waals surface area contributed by atoms with Gasteiger partial charge in [-0.25, -0.2) is 8.42 Å². The average Bonchev–Trinajstić information content (AvgIpc) is 2.71. The SMILES string of the molecule is C=Cc1ccccc1C(O)S(=O)(=O)N1c2ccc(CC)cc2CCC1CC. The van der Waals surface area contributed by atoms with E-state index in [-0.39, 0.29) is 6.04 Å². The van der Waals surface area contributed by atoms with Crippen molar-refractivity contribution in [1.29, 1.82) is 0 Å². The Morgan fingerprint density at radius 1 is 1.26 bits per heavy atom. The molecule has 1 aliphatic heterocycles. The van der Waals surface area contributed by atoms with Crippen molar-refractivity contribution < 1.29 is 13.5 Å². The number of benzene rings is 2. The van der Waals surface area contributed by atoms with Crippen LogP contribution in [0.25, 0.3) is 6.08 Å². The Labute approximate surface area is 162 Å². The van der Waals surface area contributed by atoms with Crippen molar-refractivity contribution in [3.8, 4) is 0 Å². The maximum Gasteiger partial charge on any atom is 0.266 e. The smallest absolute Gasteiger partial charge is 0.266 e. The highest BCUT2D eigenvalue weighted by atomic mass is 32.2. The van der Waals surface area contributed by atoms with E-state index >= 15 is 0 Å². The zero-order valence-corrected chi connectivity index (χ0v) is 16.7. The summed E-state index contributed by atoms with van der Waals surface area (Å²) < 4.78 is 28.4. The van der Waals surface area contributed by atoms with Crippen molar-refractivity contribution in [3.05, 3.63) is 71.3 Å². The first kappa shape index (κ1) is 19.6. The number of rotatable bonds is 6. The van der Waals surface area contributed by atoms with Gasteiger partial charge in [0.25, 0.3) is 10.0 Å². The van der Waals surface area contributed by atoms with Crippen LogP contribution >= 0.6 is 0 Å². The molecule has 0 fully saturated rings. The molecule has 2 unspecified atom stereocenters. The third kappa shape index (κ3) is 3.54. The highest BCUT2D eigenvalue weighted by molar-refractivity contribution is 7.92. The third-order valence-electron chi connectivity index (χ3n) is 5.38. The number of hydrogen-bond acceptors (Lipinski definition) is 3. The highest BCUT2D eigenvalue weighted by Gasteiger charge is 2.39. The first-order valence-electron chi connectivity index (χ1n) is 9.48. The van der Waals surface area contributed by atoms with Crippen molar-refractivity contribution >= 4 is 21.8 Å². The van der Waals surface area contributed by atoms with Crippen molar-refractivity contribution in [2.45, 2.75) is 51.0 Å². The van der Waals surface area contributed by atoms with E-state index < -0.39 is 15.5 Å². The fraction of sp³-hybridized carbons (Fsp3) is 0.364. The molecule has 1 aliphatic rings. The number of anilines is 1. The summed E-state index contributed by atoms with van der Waals surface area (Å²) in [4.78, 5) is 0. The van der Waals surface area contributed by atoms with Crippen LogP contribution in [0.5, 0.6) is 0 Å². The minimum atomic E-state index is -4.00. The lowest BCUT2D eigenvalue weighted by Gasteiger charge is -2.39. The standard InChI is InChI=1S/C22H27NO3S/c1-4-16-11-14-21-18(15-16)12-13-19(6-3)23(21)27(25,26)22(24)20-10-8-7-9-17(20)5-2/h5,7-11,14-15,19,22,24H,2,4,6,12-13H2,1,3H3. The number of aryl methyl sites for hydroxylation is 2. The van der Waals surface area contributed by atoms with E-state index in [2.05, 4.69) is 19.6 Å². The van der Waals surface area contributed by atoms with Gasteiger partial charge in [0.05, 0.1) is 5.69 Å². The van der Waals surface area contributed by atoms with Crippen molar-refractivity contribution in [2.24, 2.45) is 0 Å². The van der Waals surface area contributed by atoms with Gasteiger partial charge in [-0.1, -0.05) is 62.9 Å². The molecule has 0 aromatic heterocycles. The summed E-state index contributed by atoms with van der Waals surface area (Å²) in [6, 6.07) is 12.7. The second-order valence-corrected chi connectivity index (χ2v) is 8.81. The van der Waals surface area contributed by atoms with Crippen molar-refractivity contribution in [3.63, 3.8) is 0 Å². The van der Waals surface area contributed by atoms with Crippen LogP contribution in [-0.4, -0.2) is 19.6 Å². The molecule has 144 valence electrons. The fourth-order valence-corrected chi connectivity index (χ4v) is 5.69. The predicted octanol–water partition coefficient (Wildman–Crippen LogP) is 4.44. The Morgan fingerprint density at radius 2 is 2.00 bits per heavy atom. The molecule has 0 bridgehead atoms. The van der Waals surface area contributed by atoms with Crippen LogP contribution in [0.2, 0.25) is 0 Å². The summed E-state index contributed by atoms with van der Waals surface area (Å²) >= 11 is 0. The number of sulfonamides is 1. The van der Waals surface area contributed by atoms with Crippen LogP contribution in [0.4, 0.5) is 5.69 Å². The van der Waals surface area contributed by atoms with E-state index in [4.69, 9.17) is 0 Å². The van der Waals surface area contributed by atoms with Crippen molar-refractivity contribution in [1.82, 2.24) is 0 Å². The molecule has 2 aromatic carbocycles. The molecule has 0 saturated carbocycles. The molecule has 4 nitrogen and oxygen atoms in total. The van der Waals surface area contributed by atoms with Crippen molar-refractivity contribution in [2.75, 3.05) is 4.31 Å². The van der Waals surface area contributed by atoms with Gasteiger partial charge < -0.3 is 5.11 Å². The fourth-order valence-electron chi connectivity index (χ4n) is 3.81. The summed E-state index contributed by atoms with van der Waals surface area (Å²) in [6.45, 7) is 7.81. The van der Waals surface area contributed by atoms with Crippen LogP contribution in [0, 0.1) is 0 Å².